The maximum absolute atomic E-state index is 12.8. The molecule has 5 heteroatoms. The lowest BCUT2D eigenvalue weighted by Gasteiger charge is -2.06. The van der Waals surface area contributed by atoms with Crippen LogP contribution >= 0.6 is 0 Å². The molecule has 0 fully saturated rings. The Morgan fingerprint density at radius 3 is 2.39 bits per heavy atom. The summed E-state index contributed by atoms with van der Waals surface area (Å²) >= 11 is 0. The molecule has 28 heavy (non-hydrogen) atoms. The minimum absolute atomic E-state index is 0.349. The quantitative estimate of drug-likeness (QED) is 0.550. The van der Waals surface area contributed by atoms with Crippen molar-refractivity contribution in [2.24, 2.45) is 14.1 Å². The van der Waals surface area contributed by atoms with E-state index in [1.165, 1.54) is 0 Å². The average molecular weight is 369 g/mol. The zero-order chi connectivity index (χ0) is 19.6. The van der Waals surface area contributed by atoms with E-state index in [0.29, 0.717) is 11.1 Å². The molecule has 0 spiro atoms. The molecule has 2 amide bonds. The number of carbonyl (C=O) groups excluding carboxylic acids is 2. The van der Waals surface area contributed by atoms with E-state index in [-0.39, 0.29) is 11.8 Å². The summed E-state index contributed by atoms with van der Waals surface area (Å²) in [5.74, 6) is -0.701. The Morgan fingerprint density at radius 1 is 0.857 bits per heavy atom. The lowest BCUT2D eigenvalue weighted by Crippen LogP contribution is -2.23. The second-order valence-electron chi connectivity index (χ2n) is 7.35. The molecule has 2 aromatic heterocycles. The number of benzene rings is 2. The van der Waals surface area contributed by atoms with Crippen LogP contribution in [0, 0.1) is 6.92 Å². The van der Waals surface area contributed by atoms with E-state index in [9.17, 15) is 9.59 Å². The summed E-state index contributed by atoms with van der Waals surface area (Å²) in [6.07, 6.45) is 1.93. The van der Waals surface area contributed by atoms with Gasteiger partial charge in [-0.3, -0.25) is 14.9 Å². The van der Waals surface area contributed by atoms with Crippen LogP contribution in [0.1, 0.15) is 16.8 Å². The predicted octanol–water partition coefficient (Wildman–Crippen LogP) is 3.55. The number of carbonyl (C=O) groups is 2. The van der Waals surface area contributed by atoms with Gasteiger partial charge in [0, 0.05) is 47.7 Å². The fourth-order valence-corrected chi connectivity index (χ4v) is 4.18. The van der Waals surface area contributed by atoms with Gasteiger partial charge in [0.2, 0.25) is 0 Å². The summed E-state index contributed by atoms with van der Waals surface area (Å²) in [6.45, 7) is 2.04. The minimum Gasteiger partial charge on any atom is -0.350 e. The number of hydrogen-bond acceptors (Lipinski definition) is 2. The monoisotopic (exact) mass is 369 g/mol. The molecule has 2 aromatic carbocycles. The number of aryl methyl sites for hydroxylation is 3. The van der Waals surface area contributed by atoms with E-state index < -0.39 is 0 Å². The summed E-state index contributed by atoms with van der Waals surface area (Å²) in [5.41, 5.74) is 5.58. The molecule has 0 saturated carbocycles. The first kappa shape index (κ1) is 16.6. The Balaban J connectivity index is 1.85. The summed E-state index contributed by atoms with van der Waals surface area (Å²) in [5, 5.41) is 4.49. The molecule has 0 saturated heterocycles. The first-order valence-corrected chi connectivity index (χ1v) is 9.16. The largest absolute Gasteiger partial charge is 0.350 e. The van der Waals surface area contributed by atoms with Crippen LogP contribution in [0.5, 0.6) is 0 Å². The molecule has 5 nitrogen and oxygen atoms in total. The van der Waals surface area contributed by atoms with E-state index in [4.69, 9.17) is 0 Å². The van der Waals surface area contributed by atoms with E-state index in [0.717, 1.165) is 38.6 Å². The summed E-state index contributed by atoms with van der Waals surface area (Å²) < 4.78 is 3.97. The van der Waals surface area contributed by atoms with Crippen molar-refractivity contribution < 1.29 is 9.59 Å². The Morgan fingerprint density at radius 2 is 1.61 bits per heavy atom. The van der Waals surface area contributed by atoms with E-state index in [1.54, 1.807) is 0 Å². The van der Waals surface area contributed by atoms with Gasteiger partial charge in [-0.2, -0.15) is 0 Å². The molecule has 0 aliphatic carbocycles. The van der Waals surface area contributed by atoms with Crippen LogP contribution in [-0.2, 0) is 23.7 Å². The van der Waals surface area contributed by atoms with Crippen LogP contribution < -0.4 is 5.32 Å². The summed E-state index contributed by atoms with van der Waals surface area (Å²) in [6, 6.07) is 16.0. The average Bonchev–Trinajstić information content (AvgIpc) is 3.27. The third-order valence-electron chi connectivity index (χ3n) is 5.55. The number of para-hydroxylation sites is 1. The molecule has 3 heterocycles. The van der Waals surface area contributed by atoms with Crippen molar-refractivity contribution in [2.45, 2.75) is 6.92 Å². The van der Waals surface area contributed by atoms with Crippen molar-refractivity contribution in [3.63, 3.8) is 0 Å². The Kier molecular flexibility index (Phi) is 3.37. The van der Waals surface area contributed by atoms with Crippen LogP contribution in [0.4, 0.5) is 0 Å². The first-order chi connectivity index (χ1) is 13.5. The highest BCUT2D eigenvalue weighted by Gasteiger charge is 2.35. The molecule has 138 valence electrons. The standard InChI is InChI=1S/C23H19N3O2/c1-13-8-9-15-16(12-25(2)18(15)10-13)20-21(23(28)24-22(20)27)19-11-14-6-4-5-7-17(14)26(19)3/h4-12H,1-3H3,(H,24,27,28). The highest BCUT2D eigenvalue weighted by Crippen LogP contribution is 2.37. The Labute approximate surface area is 161 Å². The fraction of sp³-hybridized carbons (Fsp3) is 0.130. The molecule has 0 bridgehead atoms. The van der Waals surface area contributed by atoms with Crippen molar-refractivity contribution in [2.75, 3.05) is 0 Å². The van der Waals surface area contributed by atoms with Crippen molar-refractivity contribution in [3.8, 4) is 0 Å². The van der Waals surface area contributed by atoms with Gasteiger partial charge >= 0.3 is 0 Å². The Bertz CT molecular complexity index is 1350. The SMILES string of the molecule is Cc1ccc2c(C3=C(c4cc5ccccc5n4C)C(=O)NC3=O)cn(C)c2c1. The molecular weight excluding hydrogens is 350 g/mol. The van der Waals surface area contributed by atoms with Crippen molar-refractivity contribution >= 4 is 44.8 Å². The molecule has 0 atom stereocenters. The number of hydrogen-bond donors (Lipinski definition) is 1. The van der Waals surface area contributed by atoms with Crippen LogP contribution in [0.3, 0.4) is 0 Å². The predicted molar refractivity (Wildman–Crippen MR) is 111 cm³/mol. The lowest BCUT2D eigenvalue weighted by molar-refractivity contribution is -0.122. The van der Waals surface area contributed by atoms with Crippen molar-refractivity contribution in [1.29, 1.82) is 0 Å². The van der Waals surface area contributed by atoms with Gasteiger partial charge in [0.1, 0.15) is 0 Å². The first-order valence-electron chi connectivity index (χ1n) is 9.16. The van der Waals surface area contributed by atoms with Gasteiger partial charge in [0.05, 0.1) is 16.8 Å². The van der Waals surface area contributed by atoms with E-state index in [1.807, 2.05) is 78.8 Å². The molecule has 0 radical (unpaired) electrons. The molecule has 1 aliphatic rings. The van der Waals surface area contributed by atoms with Crippen molar-refractivity contribution in [1.82, 2.24) is 14.5 Å². The van der Waals surface area contributed by atoms with Gasteiger partial charge in [-0.25, -0.2) is 0 Å². The fourth-order valence-electron chi connectivity index (χ4n) is 4.18. The number of amides is 2. The van der Waals surface area contributed by atoms with Crippen LogP contribution in [0.2, 0.25) is 0 Å². The van der Waals surface area contributed by atoms with Gasteiger partial charge in [-0.15, -0.1) is 0 Å². The van der Waals surface area contributed by atoms with Gasteiger partial charge in [-0.05, 0) is 30.7 Å². The number of imide groups is 1. The highest BCUT2D eigenvalue weighted by molar-refractivity contribution is 6.50. The summed E-state index contributed by atoms with van der Waals surface area (Å²) in [7, 11) is 3.88. The van der Waals surface area contributed by atoms with Gasteiger partial charge in [0.25, 0.3) is 11.8 Å². The van der Waals surface area contributed by atoms with Gasteiger partial charge in [0.15, 0.2) is 0 Å². The highest BCUT2D eigenvalue weighted by atomic mass is 16.2. The number of rotatable bonds is 2. The van der Waals surface area contributed by atoms with Gasteiger partial charge < -0.3 is 9.13 Å². The summed E-state index contributed by atoms with van der Waals surface area (Å²) in [4.78, 5) is 25.6. The maximum Gasteiger partial charge on any atom is 0.261 e. The number of nitrogens with one attached hydrogen (secondary N) is 1. The normalized spacial score (nSPS) is 14.5. The van der Waals surface area contributed by atoms with Crippen LogP contribution in [0.15, 0.2) is 54.7 Å². The smallest absolute Gasteiger partial charge is 0.261 e. The zero-order valence-electron chi connectivity index (χ0n) is 15.9. The third-order valence-corrected chi connectivity index (χ3v) is 5.55. The van der Waals surface area contributed by atoms with Crippen LogP contribution in [-0.4, -0.2) is 20.9 Å². The molecular formula is C23H19N3O2. The zero-order valence-corrected chi connectivity index (χ0v) is 15.9. The van der Waals surface area contributed by atoms with Crippen LogP contribution in [0.25, 0.3) is 33.0 Å². The number of aromatic nitrogens is 2. The number of nitrogens with zero attached hydrogens (tertiary/aromatic N) is 2. The molecule has 5 rings (SSSR count). The molecule has 1 N–H and O–H groups in total. The molecule has 0 unspecified atom stereocenters. The maximum atomic E-state index is 12.8. The molecule has 4 aromatic rings. The third kappa shape index (κ3) is 2.19. The number of fused-ring (bicyclic) bond motifs is 2. The molecule has 1 aliphatic heterocycles. The van der Waals surface area contributed by atoms with Gasteiger partial charge in [-0.1, -0.05) is 30.3 Å². The second kappa shape index (κ2) is 5.70. The van der Waals surface area contributed by atoms with E-state index >= 15 is 0 Å². The minimum atomic E-state index is -0.352. The van der Waals surface area contributed by atoms with E-state index in [2.05, 4.69) is 11.4 Å². The topological polar surface area (TPSA) is 56.0 Å². The Hall–Kier alpha value is -3.60. The second-order valence-corrected chi connectivity index (χ2v) is 7.35. The van der Waals surface area contributed by atoms with Crippen molar-refractivity contribution in [3.05, 3.63) is 71.5 Å². The lowest BCUT2D eigenvalue weighted by atomic mass is 9.98.